The van der Waals surface area contributed by atoms with Gasteiger partial charge in [0.1, 0.15) is 18.0 Å². The summed E-state index contributed by atoms with van der Waals surface area (Å²) >= 11 is 2.23. The van der Waals surface area contributed by atoms with Crippen LogP contribution in [0.4, 0.5) is 4.79 Å². The number of alkyl carbamates (subject to hydrolysis) is 1. The van der Waals surface area contributed by atoms with Crippen molar-refractivity contribution in [3.63, 3.8) is 0 Å². The van der Waals surface area contributed by atoms with Crippen LogP contribution >= 0.6 is 22.6 Å². The molecule has 2 aromatic carbocycles. The van der Waals surface area contributed by atoms with Crippen molar-refractivity contribution < 1.29 is 19.4 Å². The lowest BCUT2D eigenvalue weighted by Gasteiger charge is -2.22. The minimum absolute atomic E-state index is 0.141. The Morgan fingerprint density at radius 3 is 2.52 bits per heavy atom. The Bertz CT molecular complexity index is 752. The second-order valence-corrected chi connectivity index (χ2v) is 7.73. The maximum absolute atomic E-state index is 12.2. The van der Waals surface area contributed by atoms with Gasteiger partial charge in [0.15, 0.2) is 0 Å². The van der Waals surface area contributed by atoms with Crippen molar-refractivity contribution in [3.8, 4) is 5.75 Å². The van der Waals surface area contributed by atoms with E-state index < -0.39 is 18.3 Å². The molecule has 1 heterocycles. The van der Waals surface area contributed by atoms with Crippen LogP contribution in [0.3, 0.4) is 0 Å². The molecule has 0 unspecified atom stereocenters. The fraction of sp³-hybridized carbons (Fsp3) is 0.350. The number of methoxy groups -OCH3 is 1. The number of carbonyl (C=O) groups excluding carboxylic acids is 1. The normalized spacial score (nSPS) is 21.7. The van der Waals surface area contributed by atoms with E-state index in [9.17, 15) is 9.90 Å². The third kappa shape index (κ3) is 5.57. The monoisotopic (exact) mass is 482 g/mol. The Hall–Kier alpha value is -1.84. The first-order chi connectivity index (χ1) is 13.0. The van der Waals surface area contributed by atoms with E-state index in [2.05, 4.69) is 33.2 Å². The molecule has 1 saturated heterocycles. The fourth-order valence-electron chi connectivity index (χ4n) is 3.08. The first-order valence-electron chi connectivity index (χ1n) is 8.78. The molecule has 27 heavy (non-hydrogen) atoms. The molecular weight excluding hydrogens is 459 g/mol. The van der Waals surface area contributed by atoms with Crippen molar-refractivity contribution in [2.45, 2.75) is 31.2 Å². The van der Waals surface area contributed by atoms with Gasteiger partial charge in [-0.2, -0.15) is 0 Å². The number of aliphatic hydroxyl groups is 1. The van der Waals surface area contributed by atoms with E-state index in [0.717, 1.165) is 20.4 Å². The molecule has 2 aromatic rings. The van der Waals surface area contributed by atoms with Crippen LogP contribution in [0.1, 0.15) is 11.1 Å². The molecule has 1 fully saturated rings. The highest BCUT2D eigenvalue weighted by atomic mass is 127. The number of ether oxygens (including phenoxy) is 2. The summed E-state index contributed by atoms with van der Waals surface area (Å²) in [6, 6.07) is 15.5. The molecule has 3 N–H and O–H groups in total. The lowest BCUT2D eigenvalue weighted by atomic mass is 10.0. The Morgan fingerprint density at radius 2 is 1.85 bits per heavy atom. The van der Waals surface area contributed by atoms with E-state index in [1.54, 1.807) is 7.11 Å². The second-order valence-electron chi connectivity index (χ2n) is 6.48. The maximum Gasteiger partial charge on any atom is 0.407 e. The van der Waals surface area contributed by atoms with E-state index in [0.29, 0.717) is 19.5 Å². The number of nitrogens with one attached hydrogen (secondary N) is 2. The Kier molecular flexibility index (Phi) is 6.92. The average molecular weight is 482 g/mol. The van der Waals surface area contributed by atoms with Gasteiger partial charge in [0, 0.05) is 16.7 Å². The molecule has 0 bridgehead atoms. The molecule has 3 atom stereocenters. The summed E-state index contributed by atoms with van der Waals surface area (Å²) in [4.78, 5) is 12.2. The topological polar surface area (TPSA) is 79.8 Å². The van der Waals surface area contributed by atoms with E-state index in [1.165, 1.54) is 0 Å². The molecule has 0 saturated carbocycles. The van der Waals surface area contributed by atoms with Crippen LogP contribution in [0, 0.1) is 3.57 Å². The van der Waals surface area contributed by atoms with Gasteiger partial charge in [-0.15, -0.1) is 0 Å². The minimum Gasteiger partial charge on any atom is -0.497 e. The summed E-state index contributed by atoms with van der Waals surface area (Å²) in [5.41, 5.74) is 2.07. The lowest BCUT2D eigenvalue weighted by molar-refractivity contribution is 0.0188. The van der Waals surface area contributed by atoms with Crippen molar-refractivity contribution >= 4 is 28.7 Å². The summed E-state index contributed by atoms with van der Waals surface area (Å²) in [6.07, 6.45) is -1.20. The Labute approximate surface area is 172 Å². The SMILES string of the molecule is COc1ccc(C[C@H]2NC[C@H](O)[C@H]2OC(=O)NCc2ccc(I)cc2)cc1. The standard InChI is InChI=1S/C20H23IN2O4/c1-26-16-8-4-13(5-9-16)10-17-19(18(24)12-22-17)27-20(25)23-11-14-2-6-15(21)7-3-14/h2-9,17-19,22,24H,10-12H2,1H3,(H,23,25)/t17-,18+,19+/m1/s1. The van der Waals surface area contributed by atoms with Crippen molar-refractivity contribution in [2.24, 2.45) is 0 Å². The van der Waals surface area contributed by atoms with Gasteiger partial charge in [-0.3, -0.25) is 0 Å². The van der Waals surface area contributed by atoms with Crippen LogP contribution in [-0.2, 0) is 17.7 Å². The summed E-state index contributed by atoms with van der Waals surface area (Å²) < 4.78 is 11.8. The number of carbonyl (C=O) groups is 1. The van der Waals surface area contributed by atoms with Crippen LogP contribution in [0.5, 0.6) is 5.75 Å². The zero-order chi connectivity index (χ0) is 19.2. The quantitative estimate of drug-likeness (QED) is 0.552. The molecule has 144 valence electrons. The Morgan fingerprint density at radius 1 is 1.19 bits per heavy atom. The molecule has 0 aromatic heterocycles. The zero-order valence-electron chi connectivity index (χ0n) is 15.0. The first-order valence-corrected chi connectivity index (χ1v) is 9.86. The van der Waals surface area contributed by atoms with E-state index in [-0.39, 0.29) is 6.04 Å². The van der Waals surface area contributed by atoms with Crippen LogP contribution in [-0.4, -0.2) is 43.1 Å². The van der Waals surface area contributed by atoms with E-state index >= 15 is 0 Å². The molecule has 0 radical (unpaired) electrons. The van der Waals surface area contributed by atoms with Crippen molar-refractivity contribution in [2.75, 3.05) is 13.7 Å². The highest BCUT2D eigenvalue weighted by Crippen LogP contribution is 2.19. The molecule has 0 aliphatic carbocycles. The number of aliphatic hydroxyl groups excluding tert-OH is 1. The molecular formula is C20H23IN2O4. The number of rotatable bonds is 6. The molecule has 6 nitrogen and oxygen atoms in total. The van der Waals surface area contributed by atoms with Gasteiger partial charge in [0.2, 0.25) is 0 Å². The van der Waals surface area contributed by atoms with Crippen molar-refractivity contribution in [1.29, 1.82) is 0 Å². The van der Waals surface area contributed by atoms with Crippen molar-refractivity contribution in [3.05, 3.63) is 63.2 Å². The number of amides is 1. The highest BCUT2D eigenvalue weighted by Gasteiger charge is 2.37. The summed E-state index contributed by atoms with van der Waals surface area (Å²) in [5, 5.41) is 16.2. The third-order valence-electron chi connectivity index (χ3n) is 4.57. The number of β-amino-alcohol motifs (C(OH)–C–C–N with tert-alkyl or cyclic N) is 1. The number of hydrogen-bond donors (Lipinski definition) is 3. The predicted molar refractivity (Wildman–Crippen MR) is 111 cm³/mol. The highest BCUT2D eigenvalue weighted by molar-refractivity contribution is 14.1. The Balaban J connectivity index is 1.54. The molecule has 3 rings (SSSR count). The lowest BCUT2D eigenvalue weighted by Crippen LogP contribution is -2.41. The third-order valence-corrected chi connectivity index (χ3v) is 5.29. The smallest absolute Gasteiger partial charge is 0.407 e. The number of benzene rings is 2. The number of hydrogen-bond acceptors (Lipinski definition) is 5. The molecule has 1 aliphatic heterocycles. The van der Waals surface area contributed by atoms with Gasteiger partial charge in [-0.25, -0.2) is 4.79 Å². The summed E-state index contributed by atoms with van der Waals surface area (Å²) in [7, 11) is 1.63. The van der Waals surface area contributed by atoms with Crippen LogP contribution in [0.2, 0.25) is 0 Å². The fourth-order valence-corrected chi connectivity index (χ4v) is 3.44. The zero-order valence-corrected chi connectivity index (χ0v) is 17.2. The van der Waals surface area contributed by atoms with Crippen LogP contribution in [0.15, 0.2) is 48.5 Å². The molecule has 0 spiro atoms. The maximum atomic E-state index is 12.2. The molecule has 1 aliphatic rings. The van der Waals surface area contributed by atoms with Gasteiger partial charge in [0.25, 0.3) is 0 Å². The van der Waals surface area contributed by atoms with E-state index in [4.69, 9.17) is 9.47 Å². The average Bonchev–Trinajstić information content (AvgIpc) is 3.01. The van der Waals surface area contributed by atoms with Crippen molar-refractivity contribution in [1.82, 2.24) is 10.6 Å². The van der Waals surface area contributed by atoms with Gasteiger partial charge in [-0.1, -0.05) is 24.3 Å². The summed E-state index contributed by atoms with van der Waals surface area (Å²) in [6.45, 7) is 0.783. The summed E-state index contributed by atoms with van der Waals surface area (Å²) in [5.74, 6) is 0.793. The van der Waals surface area contributed by atoms with Crippen LogP contribution < -0.4 is 15.4 Å². The van der Waals surface area contributed by atoms with E-state index in [1.807, 2.05) is 48.5 Å². The van der Waals surface area contributed by atoms with Gasteiger partial charge < -0.3 is 25.2 Å². The largest absolute Gasteiger partial charge is 0.497 e. The number of halogens is 1. The van der Waals surface area contributed by atoms with Gasteiger partial charge in [-0.05, 0) is 64.4 Å². The molecule has 1 amide bonds. The van der Waals surface area contributed by atoms with Gasteiger partial charge in [0.05, 0.1) is 13.2 Å². The van der Waals surface area contributed by atoms with Crippen LogP contribution in [0.25, 0.3) is 0 Å². The molecule has 7 heteroatoms. The predicted octanol–water partition coefficient (Wildman–Crippen LogP) is 2.47. The van der Waals surface area contributed by atoms with Gasteiger partial charge >= 0.3 is 6.09 Å². The second kappa shape index (κ2) is 9.38. The first kappa shape index (κ1) is 19.9. The minimum atomic E-state index is -0.725.